The Kier molecular flexibility index (Phi) is 2.37. The van der Waals surface area contributed by atoms with Crippen molar-refractivity contribution in [3.8, 4) is 0 Å². The Morgan fingerprint density at radius 3 is 2.09 bits per heavy atom. The standard InChI is InChI=1S/C7H6Br2O2/c1-7(11)2-4(8)6(10)5(9)3-7/h2-3,11H,1H3. The van der Waals surface area contributed by atoms with E-state index in [-0.39, 0.29) is 5.78 Å². The fourth-order valence-electron chi connectivity index (χ4n) is 0.800. The number of carbonyl (C=O) groups is 1. The Hall–Kier alpha value is 0.0700. The molecule has 1 aliphatic carbocycles. The van der Waals surface area contributed by atoms with Gasteiger partial charge in [0, 0.05) is 0 Å². The molecule has 2 nitrogen and oxygen atoms in total. The van der Waals surface area contributed by atoms with Gasteiger partial charge in [-0.1, -0.05) is 0 Å². The number of carbonyl (C=O) groups excluding carboxylic acids is 1. The summed E-state index contributed by atoms with van der Waals surface area (Å²) in [5.74, 6) is -0.142. The van der Waals surface area contributed by atoms with Crippen LogP contribution in [0.25, 0.3) is 0 Å². The third-order valence-electron chi connectivity index (χ3n) is 1.27. The molecule has 4 heteroatoms. The molecule has 0 fully saturated rings. The highest BCUT2D eigenvalue weighted by atomic mass is 79.9. The number of halogens is 2. The van der Waals surface area contributed by atoms with E-state index in [1.54, 1.807) is 6.92 Å². The largest absolute Gasteiger partial charge is 0.382 e. The van der Waals surface area contributed by atoms with Crippen LogP contribution in [-0.2, 0) is 4.79 Å². The molecule has 0 spiro atoms. The molecule has 11 heavy (non-hydrogen) atoms. The fourth-order valence-corrected chi connectivity index (χ4v) is 2.42. The average molecular weight is 282 g/mol. The molecule has 1 aliphatic rings. The number of hydrogen-bond acceptors (Lipinski definition) is 2. The van der Waals surface area contributed by atoms with E-state index < -0.39 is 5.60 Å². The van der Waals surface area contributed by atoms with Crippen molar-refractivity contribution in [2.45, 2.75) is 12.5 Å². The lowest BCUT2D eigenvalue weighted by Gasteiger charge is -2.19. The molecule has 0 bridgehead atoms. The second kappa shape index (κ2) is 2.84. The summed E-state index contributed by atoms with van der Waals surface area (Å²) in [4.78, 5) is 11.1. The number of ketones is 1. The minimum atomic E-state index is -1.04. The Balaban J connectivity index is 3.08. The minimum Gasteiger partial charge on any atom is -0.382 e. The maximum Gasteiger partial charge on any atom is 0.206 e. The Bertz CT molecular complexity index is 240. The third-order valence-corrected chi connectivity index (χ3v) is 2.45. The zero-order valence-corrected chi connectivity index (χ0v) is 8.94. The summed E-state index contributed by atoms with van der Waals surface area (Å²) in [6.45, 7) is 1.60. The van der Waals surface area contributed by atoms with Crippen LogP contribution in [0.2, 0.25) is 0 Å². The molecule has 60 valence electrons. The number of allylic oxidation sites excluding steroid dienone is 2. The second-order valence-electron chi connectivity index (χ2n) is 2.54. The van der Waals surface area contributed by atoms with E-state index >= 15 is 0 Å². The molecule has 0 radical (unpaired) electrons. The van der Waals surface area contributed by atoms with Crippen molar-refractivity contribution in [2.24, 2.45) is 0 Å². The van der Waals surface area contributed by atoms with Gasteiger partial charge in [0.15, 0.2) is 0 Å². The molecule has 0 aromatic heterocycles. The van der Waals surface area contributed by atoms with Crippen LogP contribution in [0, 0.1) is 0 Å². The first-order chi connectivity index (χ1) is 4.92. The van der Waals surface area contributed by atoms with Crippen molar-refractivity contribution in [3.63, 3.8) is 0 Å². The van der Waals surface area contributed by atoms with Crippen LogP contribution in [0.15, 0.2) is 21.1 Å². The van der Waals surface area contributed by atoms with E-state index in [4.69, 9.17) is 0 Å². The van der Waals surface area contributed by atoms with Gasteiger partial charge in [-0.3, -0.25) is 4.79 Å². The molecule has 0 amide bonds. The van der Waals surface area contributed by atoms with Gasteiger partial charge in [-0.05, 0) is 50.9 Å². The number of aliphatic hydroxyl groups is 1. The van der Waals surface area contributed by atoms with Crippen LogP contribution < -0.4 is 0 Å². The number of rotatable bonds is 0. The normalized spacial score (nSPS) is 22.7. The monoisotopic (exact) mass is 280 g/mol. The zero-order valence-electron chi connectivity index (χ0n) is 5.77. The van der Waals surface area contributed by atoms with Gasteiger partial charge in [0.1, 0.15) is 5.60 Å². The predicted molar refractivity (Wildman–Crippen MR) is 49.7 cm³/mol. The molecule has 1 rings (SSSR count). The van der Waals surface area contributed by atoms with E-state index in [1.165, 1.54) is 12.2 Å². The maximum atomic E-state index is 11.1. The SMILES string of the molecule is CC1(O)C=C(Br)C(=O)C(Br)=C1. The van der Waals surface area contributed by atoms with Gasteiger partial charge in [0.25, 0.3) is 0 Å². The summed E-state index contributed by atoms with van der Waals surface area (Å²) in [6.07, 6.45) is 2.92. The van der Waals surface area contributed by atoms with Crippen LogP contribution in [0.4, 0.5) is 0 Å². The van der Waals surface area contributed by atoms with Crippen LogP contribution >= 0.6 is 31.9 Å². The summed E-state index contributed by atoms with van der Waals surface area (Å²) < 4.78 is 0.772. The first-order valence-corrected chi connectivity index (χ1v) is 4.55. The predicted octanol–water partition coefficient (Wildman–Crippen LogP) is 1.88. The minimum absolute atomic E-state index is 0.142. The van der Waals surface area contributed by atoms with Gasteiger partial charge in [0.2, 0.25) is 5.78 Å². The molecule has 0 aromatic carbocycles. The fraction of sp³-hybridized carbons (Fsp3) is 0.286. The topological polar surface area (TPSA) is 37.3 Å². The maximum absolute atomic E-state index is 11.1. The molecule has 0 atom stereocenters. The van der Waals surface area contributed by atoms with Gasteiger partial charge in [-0.2, -0.15) is 0 Å². The van der Waals surface area contributed by atoms with E-state index in [1.807, 2.05) is 0 Å². The molecule has 0 saturated heterocycles. The van der Waals surface area contributed by atoms with Crippen molar-refractivity contribution in [2.75, 3.05) is 0 Å². The Morgan fingerprint density at radius 2 is 1.73 bits per heavy atom. The summed E-state index contributed by atoms with van der Waals surface area (Å²) in [5, 5.41) is 9.47. The van der Waals surface area contributed by atoms with Crippen LogP contribution in [0.1, 0.15) is 6.92 Å². The molecular weight excluding hydrogens is 276 g/mol. The Labute approximate surface area is 81.2 Å². The third kappa shape index (κ3) is 2.01. The number of hydrogen-bond donors (Lipinski definition) is 1. The highest BCUT2D eigenvalue weighted by Gasteiger charge is 2.25. The van der Waals surface area contributed by atoms with Crippen LogP contribution in [0.5, 0.6) is 0 Å². The van der Waals surface area contributed by atoms with Crippen molar-refractivity contribution < 1.29 is 9.90 Å². The molecule has 0 aromatic rings. The summed E-state index contributed by atoms with van der Waals surface area (Å²) in [5.41, 5.74) is -1.04. The van der Waals surface area contributed by atoms with E-state index in [2.05, 4.69) is 31.9 Å². The molecule has 1 N–H and O–H groups in total. The van der Waals surface area contributed by atoms with Gasteiger partial charge in [-0.25, -0.2) is 0 Å². The first-order valence-electron chi connectivity index (χ1n) is 2.96. The lowest BCUT2D eigenvalue weighted by atomic mass is 10.0. The van der Waals surface area contributed by atoms with Gasteiger partial charge in [0.05, 0.1) is 8.96 Å². The van der Waals surface area contributed by atoms with Gasteiger partial charge < -0.3 is 5.11 Å². The average Bonchev–Trinajstić information content (AvgIpc) is 1.81. The highest BCUT2D eigenvalue weighted by molar-refractivity contribution is 9.13. The second-order valence-corrected chi connectivity index (χ2v) is 4.25. The summed E-state index contributed by atoms with van der Waals surface area (Å²) in [7, 11) is 0. The number of Topliss-reactive ketones (excluding diaryl/α,β-unsaturated/α-hetero) is 1. The molecule has 0 saturated carbocycles. The first kappa shape index (κ1) is 9.16. The van der Waals surface area contributed by atoms with E-state index in [0.29, 0.717) is 8.96 Å². The van der Waals surface area contributed by atoms with Crippen molar-refractivity contribution in [1.82, 2.24) is 0 Å². The zero-order chi connectivity index (χ0) is 8.65. The smallest absolute Gasteiger partial charge is 0.206 e. The lowest BCUT2D eigenvalue weighted by Crippen LogP contribution is -2.23. The van der Waals surface area contributed by atoms with Gasteiger partial charge in [-0.15, -0.1) is 0 Å². The van der Waals surface area contributed by atoms with E-state index in [9.17, 15) is 9.90 Å². The molecule has 0 unspecified atom stereocenters. The van der Waals surface area contributed by atoms with Crippen molar-refractivity contribution in [3.05, 3.63) is 21.1 Å². The molecule has 0 aliphatic heterocycles. The van der Waals surface area contributed by atoms with E-state index in [0.717, 1.165) is 0 Å². The molecular formula is C7H6Br2O2. The summed E-state index contributed by atoms with van der Waals surface area (Å²) in [6, 6.07) is 0. The highest BCUT2D eigenvalue weighted by Crippen LogP contribution is 2.28. The Morgan fingerprint density at radius 1 is 1.36 bits per heavy atom. The van der Waals surface area contributed by atoms with Gasteiger partial charge >= 0.3 is 0 Å². The molecule has 0 heterocycles. The van der Waals surface area contributed by atoms with Crippen molar-refractivity contribution >= 4 is 37.6 Å². The van der Waals surface area contributed by atoms with Crippen molar-refractivity contribution in [1.29, 1.82) is 0 Å². The summed E-state index contributed by atoms with van der Waals surface area (Å²) >= 11 is 6.10. The lowest BCUT2D eigenvalue weighted by molar-refractivity contribution is -0.111. The van der Waals surface area contributed by atoms with Crippen LogP contribution in [-0.4, -0.2) is 16.5 Å². The van der Waals surface area contributed by atoms with Crippen LogP contribution in [0.3, 0.4) is 0 Å². The quantitative estimate of drug-likeness (QED) is 0.736.